The molecule has 0 spiro atoms. The topological polar surface area (TPSA) is 354 Å². The van der Waals surface area contributed by atoms with Crippen LogP contribution in [0, 0.1) is 67.7 Å². The minimum atomic E-state index is -1.00. The number of aromatic nitrogens is 8. The number of nitrogens with zero attached hydrogens (tertiary/aromatic N) is 11. The zero-order valence-electron chi connectivity index (χ0n) is 73.4. The first-order valence-corrected chi connectivity index (χ1v) is 41.9. The fourth-order valence-electron chi connectivity index (χ4n) is 14.5. The van der Waals surface area contributed by atoms with Crippen molar-refractivity contribution in [1.82, 2.24) is 58.6 Å². The van der Waals surface area contributed by atoms with Crippen molar-refractivity contribution >= 4 is 108 Å². The van der Waals surface area contributed by atoms with Crippen LogP contribution in [0.5, 0.6) is 0 Å². The Balaban J connectivity index is 0.000000194. The summed E-state index contributed by atoms with van der Waals surface area (Å²) < 4.78 is 87.8. The summed E-state index contributed by atoms with van der Waals surface area (Å²) in [5, 5.41) is 34.1. The summed E-state index contributed by atoms with van der Waals surface area (Å²) in [6.07, 6.45) is 7.62. The number of nitrogens with one attached hydrogen (secondary N) is 3. The van der Waals surface area contributed by atoms with E-state index >= 15 is 0 Å². The molecule has 0 atom stereocenters. The van der Waals surface area contributed by atoms with Gasteiger partial charge in [-0.15, -0.1) is 22.7 Å². The van der Waals surface area contributed by atoms with E-state index in [1.807, 2.05) is 84.2 Å². The summed E-state index contributed by atoms with van der Waals surface area (Å²) >= 11 is 2.82. The van der Waals surface area contributed by atoms with Crippen LogP contribution < -0.4 is 45.9 Å². The third kappa shape index (κ3) is 26.6. The average Bonchev–Trinajstić information content (AvgIpc) is 1.61. The number of halogens is 5. The van der Waals surface area contributed by atoms with Crippen LogP contribution in [-0.4, -0.2) is 197 Å². The van der Waals surface area contributed by atoms with Gasteiger partial charge in [0.1, 0.15) is 40.7 Å². The van der Waals surface area contributed by atoms with Crippen LogP contribution in [-0.2, 0) is 14.2 Å². The van der Waals surface area contributed by atoms with Crippen molar-refractivity contribution in [1.29, 1.82) is 0 Å². The fourth-order valence-corrected chi connectivity index (χ4v) is 15.8. The van der Waals surface area contributed by atoms with Gasteiger partial charge in [0, 0.05) is 137 Å². The maximum Gasteiger partial charge on any atom is 1.00 e. The maximum atomic E-state index is 13.4. The van der Waals surface area contributed by atoms with Crippen LogP contribution in [0.4, 0.5) is 39.0 Å². The number of hydrogen-bond acceptors (Lipinski definition) is 21. The smallest absolute Gasteiger partial charge is 0.553 e. The largest absolute Gasteiger partial charge is 1.00 e. The molecule has 27 nitrogen and oxygen atoms in total. The van der Waals surface area contributed by atoms with Gasteiger partial charge in [-0.1, -0.05) is 0 Å². The third-order valence-electron chi connectivity index (χ3n) is 21.5. The second kappa shape index (κ2) is 48.5. The number of ether oxygens (including phenoxy) is 3. The molecule has 5 aromatic heterocycles. The van der Waals surface area contributed by atoms with E-state index in [2.05, 4.69) is 35.6 Å². The van der Waals surface area contributed by atoms with Crippen molar-refractivity contribution in [3.05, 3.63) is 272 Å². The van der Waals surface area contributed by atoms with Gasteiger partial charge in [0.2, 0.25) is 0 Å². The zero-order chi connectivity index (χ0) is 92.2. The Morgan fingerprint density at radius 1 is 0.528 bits per heavy atom. The van der Waals surface area contributed by atoms with E-state index in [0.717, 1.165) is 139 Å². The van der Waals surface area contributed by atoms with Crippen molar-refractivity contribution in [2.75, 3.05) is 98.5 Å². The molecule has 4 fully saturated rings. The number of ketones is 2. The molecule has 0 radical (unpaired) electrons. The molecule has 35 heteroatoms. The SMILES string of the molecule is CC(=O)c1ccc(Nc2ccc(F)cc2)c(N)c1.CC(=O)c1ccc2c(c1)nc(C)n2-c1ccc(F)cc1.CCO.COC(C)(OC)OC.Cc1nc2cc(C(=O)N3CC(C4CCN(C(=O)c5nccs5)CC4)C3)ccc2n1-c1ccc(F)cc1.Cc1nc2cc(C(=O)O)ccc2n1-c1ccc(F)cc1.O=C(c1nccs1)N1CCC(C2CNC2)CC1.[2H]CF.[NH-]O.[Na+]. The van der Waals surface area contributed by atoms with Crippen LogP contribution in [0.25, 0.3) is 56.1 Å². The number of imidazole rings is 3. The summed E-state index contributed by atoms with van der Waals surface area (Å²) in [4.78, 5) is 98.8. The molecule has 0 bridgehead atoms. The van der Waals surface area contributed by atoms with Gasteiger partial charge >= 0.3 is 35.5 Å². The number of likely N-dealkylation sites (tertiary alicyclic amines) is 3. The average molecular weight is 1790 g/mol. The van der Waals surface area contributed by atoms with Gasteiger partial charge in [0.05, 0.1) is 58.6 Å². The molecule has 4 saturated heterocycles. The predicted octanol–water partition coefficient (Wildman–Crippen LogP) is 14.6. The second-order valence-electron chi connectivity index (χ2n) is 29.5. The molecule has 127 heavy (non-hydrogen) atoms. The van der Waals surface area contributed by atoms with Crippen molar-refractivity contribution in [2.24, 2.45) is 23.7 Å². The van der Waals surface area contributed by atoms with Crippen LogP contribution in [0.2, 0.25) is 0 Å². The van der Waals surface area contributed by atoms with E-state index in [1.54, 1.807) is 111 Å². The first-order valence-electron chi connectivity index (χ1n) is 40.9. The van der Waals surface area contributed by atoms with Crippen LogP contribution in [0.1, 0.15) is 133 Å². The normalized spacial score (nSPS) is 13.8. The van der Waals surface area contributed by atoms with Crippen molar-refractivity contribution in [3.8, 4) is 17.1 Å². The van der Waals surface area contributed by atoms with E-state index in [0.29, 0.717) is 61.3 Å². The Morgan fingerprint density at radius 3 is 1.20 bits per heavy atom. The van der Waals surface area contributed by atoms with Crippen LogP contribution in [0.3, 0.4) is 0 Å². The van der Waals surface area contributed by atoms with Crippen LogP contribution >= 0.6 is 22.7 Å². The second-order valence-corrected chi connectivity index (χ2v) is 31.3. The number of Topliss-reactive ketones (excluding diaryl/α,β-unsaturated/α-hetero) is 2. The number of methoxy groups -OCH3 is 3. The fraction of sp³-hybridized carbons (Fsp3) is 0.315. The number of alkyl halides is 1. The monoisotopic (exact) mass is 1790 g/mol. The van der Waals surface area contributed by atoms with Gasteiger partial charge in [-0.3, -0.25) is 42.1 Å². The molecule has 17 rings (SSSR count). The number of carbonyl (C=O) groups excluding carboxylic acids is 5. The Bertz CT molecular complexity index is 5620. The van der Waals surface area contributed by atoms with Gasteiger partial charge < -0.3 is 66.6 Å². The molecule has 666 valence electrons. The number of aromatic carboxylic acids is 1. The number of anilines is 3. The molecule has 9 heterocycles. The number of carbonyl (C=O) groups is 6. The first-order chi connectivity index (χ1) is 61.0. The molecule has 4 aliphatic heterocycles. The maximum absolute atomic E-state index is 13.4. The van der Waals surface area contributed by atoms with Crippen molar-refractivity contribution in [2.45, 2.75) is 80.1 Å². The molecular weight excluding hydrogens is 1690 g/mol. The van der Waals surface area contributed by atoms with Crippen LogP contribution in [0.15, 0.2) is 193 Å². The van der Waals surface area contributed by atoms with E-state index in [-0.39, 0.29) is 94.3 Å². The number of piperidine rings is 2. The summed E-state index contributed by atoms with van der Waals surface area (Å²) in [6.45, 7) is 19.4. The summed E-state index contributed by atoms with van der Waals surface area (Å²) in [6, 6.07) is 45.5. The number of thiazole rings is 2. The first kappa shape index (κ1) is 99.4. The standard InChI is InChI=1S/C27H26FN5O2S.C16H13FN2O.C15H11FN2O2.C14H13FN2O.C12H17N3OS.C5H12O3.C2H6O.CH3F.H2NO.Na/c1-17-30-23-14-19(2-7-24(23)33(17)22-5-3-21(28)4-6-22)26(34)32-15-20(16-32)18-8-11-31(12-9-18)27(35)25-29-10-13-36-25;1-10(20)12-3-8-16-15(9-12)18-11(2)19(16)14-6-4-13(17)5-7-14;1-9-17-13-8-10(15(19)20)2-7-14(13)18(9)12-5-3-11(16)4-6-12;1-9(18)10-2-7-14(13(16)8-10)17-12-5-3-11(15)4-6-12;16-12(11-14-3-6-17-11)15-4-1-9(2-5-15)10-7-13-8-10;1-5(6-2,7-3)8-4;1-2-3;2*1-2;/h2-7,10,13-14,18,20H,8-9,11-12,15-16H2,1H3;3-9H,1-2H3;2-8H,1H3,(H,19,20);2-8,17H,16H2,1H3;3,6,9-10,13H,1-2,4-5,7-8H2;1-4H3;3H,2H2,1H3;1H3;1-2H;/q;;;;;;;;-1;+1/i;;;;;;;1D;;. The number of fused-ring (bicyclic) bond motifs is 3. The number of carboxylic acid groups (broad SMARTS) is 1. The number of hydrogen-bond donors (Lipinski definition) is 6. The Morgan fingerprint density at radius 2 is 0.866 bits per heavy atom. The van der Waals surface area contributed by atoms with E-state index in [9.17, 15) is 50.7 Å². The molecule has 8 aromatic carbocycles. The Labute approximate surface area is 764 Å². The predicted molar refractivity (Wildman–Crippen MR) is 477 cm³/mol. The number of nitrogen functional groups attached to an aromatic ring is 1. The van der Waals surface area contributed by atoms with Gasteiger partial charge in [0.15, 0.2) is 21.6 Å². The number of rotatable bonds is 16. The minimum absolute atomic E-state index is 0. The molecule has 0 saturated carbocycles. The van der Waals surface area contributed by atoms with Crippen molar-refractivity contribution in [3.63, 3.8) is 0 Å². The summed E-state index contributed by atoms with van der Waals surface area (Å²) in [5.74, 6) is 6.88. The molecule has 3 amide bonds. The zero-order valence-corrected chi connectivity index (χ0v) is 76.0. The summed E-state index contributed by atoms with van der Waals surface area (Å²) in [5.41, 5.74) is 16.9. The quantitative estimate of drug-likeness (QED) is 0.0131. The third-order valence-corrected chi connectivity index (χ3v) is 23.1. The van der Waals surface area contributed by atoms with Gasteiger partial charge in [-0.05, 0) is 274 Å². The number of amides is 3. The van der Waals surface area contributed by atoms with Gasteiger partial charge in [-0.2, -0.15) is 0 Å². The number of aliphatic hydroxyl groups excluding tert-OH is 1. The Kier molecular flexibility index (Phi) is 38.0. The number of nitrogens with two attached hydrogens (primary N) is 1. The number of aryl methyl sites for hydroxylation is 3. The molecule has 4 aliphatic rings. The van der Waals surface area contributed by atoms with Gasteiger partial charge in [-0.25, -0.2) is 47.3 Å². The number of aliphatic hydroxyl groups is 1. The van der Waals surface area contributed by atoms with Gasteiger partial charge in [0.25, 0.3) is 23.7 Å². The van der Waals surface area contributed by atoms with E-state index in [4.69, 9.17) is 42.6 Å². The molecule has 8 N–H and O–H groups in total. The molecule has 0 aliphatic carbocycles. The molecular formula is C92H103F5N15NaO12S2. The minimum Gasteiger partial charge on any atom is -0.553 e. The van der Waals surface area contributed by atoms with E-state index < -0.39 is 19.1 Å². The number of benzene rings is 8. The molecule has 0 unspecified atom stereocenters. The Hall–Kier alpha value is -11.4. The van der Waals surface area contributed by atoms with E-state index in [1.165, 1.54) is 132 Å². The van der Waals surface area contributed by atoms with Crippen molar-refractivity contribution < 1.29 is 111 Å². The number of carboxylic acids is 1. The summed E-state index contributed by atoms with van der Waals surface area (Å²) in [7, 11) is 3.56. The molecule has 13 aromatic rings.